The van der Waals surface area contributed by atoms with Crippen molar-refractivity contribution in [2.45, 2.75) is 25.9 Å². The molecule has 110 valence electrons. The molecule has 7 heteroatoms. The van der Waals surface area contributed by atoms with Crippen molar-refractivity contribution in [3.63, 3.8) is 0 Å². The topological polar surface area (TPSA) is 105 Å². The molecule has 0 spiro atoms. The summed E-state index contributed by atoms with van der Waals surface area (Å²) in [7, 11) is 0. The van der Waals surface area contributed by atoms with Crippen LogP contribution in [0.3, 0.4) is 0 Å². The molecule has 1 atom stereocenters. The van der Waals surface area contributed by atoms with Gasteiger partial charge in [-0.3, -0.25) is 14.4 Å². The van der Waals surface area contributed by atoms with Crippen molar-refractivity contribution in [1.29, 1.82) is 0 Å². The molecule has 2 aliphatic rings. The van der Waals surface area contributed by atoms with Gasteiger partial charge in [-0.05, 0) is 38.0 Å². The maximum Gasteiger partial charge on any atom is 0.319 e. The van der Waals surface area contributed by atoms with Crippen LogP contribution >= 0.6 is 0 Å². The molecule has 3 N–H and O–H groups in total. The van der Waals surface area contributed by atoms with Crippen molar-refractivity contribution >= 4 is 29.2 Å². The molecule has 0 aromatic heterocycles. The summed E-state index contributed by atoms with van der Waals surface area (Å²) in [5, 5.41) is 14.3. The summed E-state index contributed by atoms with van der Waals surface area (Å²) in [5.41, 5.74) is -0.426. The standard InChI is InChI=1S/C14H14N2O5/c1-7-11(17)16-9-6-8(2-3-10(9)21-7)15-12(18)14(4-5-14)13(19)20/h2-3,6-7H,4-5H2,1H3,(H,15,18)(H,16,17)(H,19,20). The molecule has 1 aromatic rings. The molecule has 1 heterocycles. The fourth-order valence-corrected chi connectivity index (χ4v) is 2.20. The van der Waals surface area contributed by atoms with Gasteiger partial charge in [0.1, 0.15) is 11.2 Å². The maximum absolute atomic E-state index is 12.0. The molecule has 21 heavy (non-hydrogen) atoms. The van der Waals surface area contributed by atoms with Crippen LogP contribution in [0.4, 0.5) is 11.4 Å². The summed E-state index contributed by atoms with van der Waals surface area (Å²) in [6.07, 6.45) is 0.118. The van der Waals surface area contributed by atoms with E-state index in [0.717, 1.165) is 0 Å². The van der Waals surface area contributed by atoms with Crippen molar-refractivity contribution in [2.24, 2.45) is 5.41 Å². The molecule has 1 aromatic carbocycles. The molecule has 0 radical (unpaired) electrons. The third kappa shape index (κ3) is 2.20. The average Bonchev–Trinajstić information content (AvgIpc) is 3.22. The van der Waals surface area contributed by atoms with E-state index in [1.165, 1.54) is 0 Å². The number of benzene rings is 1. The van der Waals surface area contributed by atoms with Gasteiger partial charge in [0.05, 0.1) is 5.69 Å². The van der Waals surface area contributed by atoms with E-state index >= 15 is 0 Å². The van der Waals surface area contributed by atoms with Crippen molar-refractivity contribution in [2.75, 3.05) is 10.6 Å². The van der Waals surface area contributed by atoms with Gasteiger partial charge in [-0.25, -0.2) is 0 Å². The van der Waals surface area contributed by atoms with Gasteiger partial charge in [0.2, 0.25) is 5.91 Å². The number of aliphatic carboxylic acids is 1. The summed E-state index contributed by atoms with van der Waals surface area (Å²) in [6.45, 7) is 1.64. The lowest BCUT2D eigenvalue weighted by Gasteiger charge is -2.23. The van der Waals surface area contributed by atoms with Gasteiger partial charge in [-0.1, -0.05) is 0 Å². The first-order valence-corrected chi connectivity index (χ1v) is 6.59. The number of hydrogen-bond donors (Lipinski definition) is 3. The van der Waals surface area contributed by atoms with Gasteiger partial charge in [-0.15, -0.1) is 0 Å². The predicted molar refractivity (Wildman–Crippen MR) is 73.1 cm³/mol. The van der Waals surface area contributed by atoms with Gasteiger partial charge in [0.15, 0.2) is 6.10 Å². The number of nitrogens with one attached hydrogen (secondary N) is 2. The summed E-state index contributed by atoms with van der Waals surface area (Å²) < 4.78 is 5.40. The fraction of sp³-hybridized carbons (Fsp3) is 0.357. The normalized spacial score (nSPS) is 21.6. The lowest BCUT2D eigenvalue weighted by atomic mass is 10.1. The van der Waals surface area contributed by atoms with Gasteiger partial charge < -0.3 is 20.5 Å². The van der Waals surface area contributed by atoms with E-state index < -0.39 is 23.4 Å². The Morgan fingerprint density at radius 1 is 1.43 bits per heavy atom. The molecular formula is C14H14N2O5. The first-order chi connectivity index (χ1) is 9.92. The molecule has 2 amide bonds. The van der Waals surface area contributed by atoms with E-state index in [4.69, 9.17) is 9.84 Å². The van der Waals surface area contributed by atoms with Crippen LogP contribution in [-0.4, -0.2) is 29.0 Å². The molecule has 0 bridgehead atoms. The number of carboxylic acids is 1. The predicted octanol–water partition coefficient (Wildman–Crippen LogP) is 1.21. The number of carbonyl (C=O) groups is 3. The highest BCUT2D eigenvalue weighted by Gasteiger charge is 2.57. The van der Waals surface area contributed by atoms with Crippen molar-refractivity contribution in [3.8, 4) is 5.75 Å². The number of ether oxygens (including phenoxy) is 1. The Morgan fingerprint density at radius 2 is 2.14 bits per heavy atom. The molecule has 1 aliphatic carbocycles. The molecular weight excluding hydrogens is 276 g/mol. The SMILES string of the molecule is CC1Oc2ccc(NC(=O)C3(C(=O)O)CC3)cc2NC1=O. The minimum absolute atomic E-state index is 0.268. The van der Waals surface area contributed by atoms with Crippen molar-refractivity contribution in [1.82, 2.24) is 0 Å². The monoisotopic (exact) mass is 290 g/mol. The van der Waals surface area contributed by atoms with E-state index in [-0.39, 0.29) is 5.91 Å². The average molecular weight is 290 g/mol. The van der Waals surface area contributed by atoms with E-state index in [0.29, 0.717) is 30.0 Å². The highest BCUT2D eigenvalue weighted by molar-refractivity contribution is 6.11. The van der Waals surface area contributed by atoms with Gasteiger partial charge in [0, 0.05) is 5.69 Å². The summed E-state index contributed by atoms with van der Waals surface area (Å²) in [5.74, 6) is -1.40. The zero-order valence-corrected chi connectivity index (χ0v) is 11.3. The number of carboxylic acid groups (broad SMARTS) is 1. The highest BCUT2D eigenvalue weighted by atomic mass is 16.5. The Hall–Kier alpha value is -2.57. The van der Waals surface area contributed by atoms with Crippen molar-refractivity contribution < 1.29 is 24.2 Å². The second kappa shape index (κ2) is 4.47. The third-order valence-electron chi connectivity index (χ3n) is 3.76. The van der Waals surface area contributed by atoms with Crippen LogP contribution in [0.1, 0.15) is 19.8 Å². The number of rotatable bonds is 3. The largest absolute Gasteiger partial charge is 0.480 e. The van der Waals surface area contributed by atoms with Crippen LogP contribution in [0.2, 0.25) is 0 Å². The van der Waals surface area contributed by atoms with E-state index in [9.17, 15) is 14.4 Å². The number of carbonyl (C=O) groups excluding carboxylic acids is 2. The Balaban J connectivity index is 1.79. The van der Waals surface area contributed by atoms with E-state index in [2.05, 4.69) is 10.6 Å². The number of fused-ring (bicyclic) bond motifs is 1. The first-order valence-electron chi connectivity index (χ1n) is 6.59. The Bertz CT molecular complexity index is 651. The van der Waals surface area contributed by atoms with E-state index in [1.54, 1.807) is 25.1 Å². The molecule has 0 saturated heterocycles. The van der Waals surface area contributed by atoms with Crippen LogP contribution in [0.15, 0.2) is 18.2 Å². The van der Waals surface area contributed by atoms with Crippen LogP contribution < -0.4 is 15.4 Å². The van der Waals surface area contributed by atoms with Crippen LogP contribution in [-0.2, 0) is 14.4 Å². The zero-order chi connectivity index (χ0) is 15.2. The lowest BCUT2D eigenvalue weighted by molar-refractivity contribution is -0.147. The van der Waals surface area contributed by atoms with Crippen LogP contribution in [0.5, 0.6) is 5.75 Å². The Morgan fingerprint density at radius 3 is 2.76 bits per heavy atom. The highest BCUT2D eigenvalue weighted by Crippen LogP contribution is 2.47. The number of amides is 2. The second-order valence-corrected chi connectivity index (χ2v) is 5.30. The summed E-state index contributed by atoms with van der Waals surface area (Å²) in [6, 6.07) is 4.79. The molecule has 1 saturated carbocycles. The minimum atomic E-state index is -1.30. The summed E-state index contributed by atoms with van der Waals surface area (Å²) in [4.78, 5) is 34.6. The Labute approximate surface area is 120 Å². The molecule has 3 rings (SSSR count). The third-order valence-corrected chi connectivity index (χ3v) is 3.76. The first kappa shape index (κ1) is 13.4. The van der Waals surface area contributed by atoms with Crippen LogP contribution in [0.25, 0.3) is 0 Å². The maximum atomic E-state index is 12.0. The zero-order valence-electron chi connectivity index (χ0n) is 11.3. The molecule has 7 nitrogen and oxygen atoms in total. The van der Waals surface area contributed by atoms with E-state index in [1.807, 2.05) is 0 Å². The molecule has 1 fully saturated rings. The number of anilines is 2. The minimum Gasteiger partial charge on any atom is -0.480 e. The smallest absolute Gasteiger partial charge is 0.319 e. The van der Waals surface area contributed by atoms with Crippen LogP contribution in [0, 0.1) is 5.41 Å². The fourth-order valence-electron chi connectivity index (χ4n) is 2.20. The lowest BCUT2D eigenvalue weighted by Crippen LogP contribution is -2.34. The Kier molecular flexibility index (Phi) is 2.86. The van der Waals surface area contributed by atoms with Gasteiger partial charge in [0.25, 0.3) is 5.91 Å². The van der Waals surface area contributed by atoms with Crippen molar-refractivity contribution in [3.05, 3.63) is 18.2 Å². The molecule has 1 unspecified atom stereocenters. The quantitative estimate of drug-likeness (QED) is 0.726. The number of hydrogen-bond acceptors (Lipinski definition) is 4. The molecule has 1 aliphatic heterocycles. The summed E-state index contributed by atoms with van der Waals surface area (Å²) >= 11 is 0. The van der Waals surface area contributed by atoms with Gasteiger partial charge >= 0.3 is 5.97 Å². The van der Waals surface area contributed by atoms with Gasteiger partial charge in [-0.2, -0.15) is 0 Å². The second-order valence-electron chi connectivity index (χ2n) is 5.30.